The van der Waals surface area contributed by atoms with Gasteiger partial charge in [0.05, 0.1) is 7.11 Å². The standard InChI is InChI=1S/CH4O3S.3Na.H2O3S.7H2O.3H/c1-4-5(2)3;;;;1-4(2)3;;;;;;;;;;/h1H3,(H,2,3);;;;(H2,1,2,3);7*1H2;;;. The molecular weight excluding hydrogens is 353 g/mol. The summed E-state index contributed by atoms with van der Waals surface area (Å²) in [4.78, 5) is 0. The van der Waals surface area contributed by atoms with Crippen LogP contribution in [0.4, 0.5) is 0 Å². The van der Waals surface area contributed by atoms with Gasteiger partial charge in [-0.1, -0.05) is 0 Å². The van der Waals surface area contributed by atoms with Crippen molar-refractivity contribution in [2.75, 3.05) is 7.11 Å². The SMILES string of the molecule is COS(=O)O.O.O.O.O.O.O.O.O=S(O)O.[NaH].[NaH].[NaH]. The van der Waals surface area contributed by atoms with E-state index in [-0.39, 0.29) is 127 Å². The van der Waals surface area contributed by atoms with E-state index >= 15 is 0 Å². The summed E-state index contributed by atoms with van der Waals surface area (Å²) in [6.45, 7) is 0. The molecule has 18 heteroatoms. The van der Waals surface area contributed by atoms with Gasteiger partial charge in [0.2, 0.25) is 0 Å². The van der Waals surface area contributed by atoms with Crippen LogP contribution in [0.5, 0.6) is 0 Å². The van der Waals surface area contributed by atoms with Crippen LogP contribution in [0, 0.1) is 0 Å². The zero-order chi connectivity index (χ0) is 7.86. The zero-order valence-corrected chi connectivity index (χ0v) is 9.52. The molecule has 1 unspecified atom stereocenters. The molecule has 0 aliphatic heterocycles. The van der Waals surface area contributed by atoms with Gasteiger partial charge in [0.25, 0.3) is 11.4 Å². The summed E-state index contributed by atoms with van der Waals surface area (Å²) in [7, 11) is 1.15. The molecule has 0 rings (SSSR count). The Morgan fingerprint density at radius 2 is 0.737 bits per heavy atom. The van der Waals surface area contributed by atoms with Crippen molar-refractivity contribution in [3.63, 3.8) is 0 Å². The first-order chi connectivity index (χ1) is 4.00. The van der Waals surface area contributed by atoms with Crippen LogP contribution in [0.3, 0.4) is 0 Å². The summed E-state index contributed by atoms with van der Waals surface area (Å²) < 4.78 is 43.5. The van der Waals surface area contributed by atoms with Gasteiger partial charge in [-0.2, -0.15) is 8.42 Å². The topological polar surface area (TPSA) is 325 Å². The van der Waals surface area contributed by atoms with Crippen LogP contribution < -0.4 is 0 Å². The molecule has 1 atom stereocenters. The Kier molecular flexibility index (Phi) is 436. The van der Waals surface area contributed by atoms with Crippen molar-refractivity contribution in [1.82, 2.24) is 0 Å². The van der Waals surface area contributed by atoms with Crippen LogP contribution >= 0.6 is 0 Å². The van der Waals surface area contributed by atoms with E-state index in [1.165, 1.54) is 0 Å². The fraction of sp³-hybridized carbons (Fsp3) is 1.00. The van der Waals surface area contributed by atoms with Crippen molar-refractivity contribution < 1.29 is 64.6 Å². The van der Waals surface area contributed by atoms with Gasteiger partial charge in [0.1, 0.15) is 0 Å². The van der Waals surface area contributed by atoms with Crippen molar-refractivity contribution in [3.8, 4) is 0 Å². The van der Waals surface area contributed by atoms with Gasteiger partial charge in [-0.05, 0) is 0 Å². The second-order valence-electron chi connectivity index (χ2n) is 0.615. The second-order valence-corrected chi connectivity index (χ2v) is 1.84. The Bertz CT molecular complexity index is 110. The van der Waals surface area contributed by atoms with E-state index in [4.69, 9.17) is 17.9 Å². The molecule has 0 aromatic rings. The van der Waals surface area contributed by atoms with Gasteiger partial charge < -0.3 is 38.3 Å². The molecule has 0 aliphatic rings. The molecule has 0 fully saturated rings. The summed E-state index contributed by atoms with van der Waals surface area (Å²) in [6.07, 6.45) is 0. The Morgan fingerprint density at radius 1 is 0.684 bits per heavy atom. The summed E-state index contributed by atoms with van der Waals surface area (Å²) >= 11 is -4.68. The molecule has 0 bridgehead atoms. The van der Waals surface area contributed by atoms with Crippen molar-refractivity contribution in [2.24, 2.45) is 0 Å². The van der Waals surface area contributed by atoms with Gasteiger partial charge in [0.15, 0.2) is 0 Å². The predicted molar refractivity (Wildman–Crippen MR) is 77.9 cm³/mol. The Morgan fingerprint density at radius 3 is 0.737 bits per heavy atom. The fourth-order valence-corrected chi connectivity index (χ4v) is 0. The first-order valence-electron chi connectivity index (χ1n) is 1.46. The van der Waals surface area contributed by atoms with Crippen LogP contribution in [0.25, 0.3) is 0 Å². The van der Waals surface area contributed by atoms with Gasteiger partial charge in [-0.25, -0.2) is 0 Å². The average molecular weight is 376 g/mol. The third-order valence-electron chi connectivity index (χ3n) is 0.143. The first-order valence-corrected chi connectivity index (χ1v) is 3.55. The van der Waals surface area contributed by atoms with E-state index in [9.17, 15) is 4.21 Å². The molecule has 0 saturated heterocycles. The third kappa shape index (κ3) is 314. The Balaban J connectivity index is -0.00000000340. The molecule has 0 aromatic carbocycles. The zero-order valence-electron chi connectivity index (χ0n) is 7.88. The fourth-order valence-electron chi connectivity index (χ4n) is 0. The monoisotopic (exact) mass is 376 g/mol. The van der Waals surface area contributed by atoms with Gasteiger partial charge in [0, 0.05) is 0 Å². The summed E-state index contributed by atoms with van der Waals surface area (Å²) in [5.74, 6) is 0. The molecule has 13 nitrogen and oxygen atoms in total. The molecule has 0 aromatic heterocycles. The average Bonchev–Trinajstić information content (AvgIpc) is 1.65. The van der Waals surface area contributed by atoms with E-state index in [0.717, 1.165) is 7.11 Å². The van der Waals surface area contributed by atoms with Crippen LogP contribution in [0.1, 0.15) is 0 Å². The summed E-state index contributed by atoms with van der Waals surface area (Å²) in [6, 6.07) is 0. The molecule has 17 N–H and O–H groups in total. The van der Waals surface area contributed by atoms with E-state index in [1.54, 1.807) is 0 Å². The minimum absolute atomic E-state index is 0. The molecule has 0 spiro atoms. The quantitative estimate of drug-likeness (QED) is 0.294. The molecule has 120 valence electrons. The van der Waals surface area contributed by atoms with E-state index in [0.29, 0.717) is 0 Å². The normalized spacial score (nSPS) is 5.74. The second kappa shape index (κ2) is 84.6. The van der Waals surface area contributed by atoms with Crippen molar-refractivity contribution in [2.45, 2.75) is 0 Å². The molecule has 0 heterocycles. The summed E-state index contributed by atoms with van der Waals surface area (Å²) in [5.41, 5.74) is 0. The van der Waals surface area contributed by atoms with Gasteiger partial charge in [-0.15, -0.1) is 0 Å². The van der Waals surface area contributed by atoms with Crippen molar-refractivity contribution >= 4 is 111 Å². The van der Waals surface area contributed by atoms with E-state index in [2.05, 4.69) is 4.18 Å². The first kappa shape index (κ1) is 97.8. The number of hydrogen-bond donors (Lipinski definition) is 3. The van der Waals surface area contributed by atoms with E-state index in [1.807, 2.05) is 0 Å². The molecule has 0 radical (unpaired) electrons. The van der Waals surface area contributed by atoms with Gasteiger partial charge >= 0.3 is 100 Å². The maximum atomic E-state index is 9.26. The van der Waals surface area contributed by atoms with Crippen LogP contribution in [-0.4, -0.2) is 156 Å². The predicted octanol–water partition coefficient (Wildman–Crippen LogP) is -8.27. The van der Waals surface area contributed by atoms with Crippen molar-refractivity contribution in [1.29, 1.82) is 0 Å². The van der Waals surface area contributed by atoms with Crippen LogP contribution in [-0.2, 0) is 26.9 Å². The van der Waals surface area contributed by atoms with Crippen molar-refractivity contribution in [3.05, 3.63) is 0 Å². The number of hydrogen-bond acceptors (Lipinski definition) is 3. The van der Waals surface area contributed by atoms with E-state index < -0.39 is 22.7 Å². The minimum atomic E-state index is -2.61. The molecule has 0 saturated carbocycles. The molecule has 0 amide bonds. The van der Waals surface area contributed by atoms with Crippen LogP contribution in [0.2, 0.25) is 0 Å². The molecular formula is CH23Na3O13S2. The third-order valence-corrected chi connectivity index (χ3v) is 0.428. The Hall–Kier alpha value is 2.86. The summed E-state index contributed by atoms with van der Waals surface area (Å²) in [5, 5.41) is 0. The molecule has 0 aliphatic carbocycles. The Labute approximate surface area is 180 Å². The maximum absolute atomic E-state index is 9.26. The van der Waals surface area contributed by atoms with Gasteiger partial charge in [-0.3, -0.25) is 17.8 Å². The number of rotatable bonds is 1. The molecule has 19 heavy (non-hydrogen) atoms. The van der Waals surface area contributed by atoms with Crippen LogP contribution in [0.15, 0.2) is 0 Å².